The van der Waals surface area contributed by atoms with Crippen LogP contribution in [0.15, 0.2) is 11.1 Å². The quantitative estimate of drug-likeness (QED) is 0.862. The fourth-order valence-electron chi connectivity index (χ4n) is 2.63. The van der Waals surface area contributed by atoms with E-state index >= 15 is 0 Å². The average molecular weight is 266 g/mol. The Morgan fingerprint density at radius 2 is 2.16 bits per heavy atom. The van der Waals surface area contributed by atoms with E-state index in [4.69, 9.17) is 4.74 Å². The number of aromatic nitrogens is 2. The van der Waals surface area contributed by atoms with Crippen molar-refractivity contribution in [2.45, 2.75) is 12.8 Å². The third-order valence-corrected chi connectivity index (χ3v) is 3.53. The Morgan fingerprint density at radius 3 is 2.74 bits per heavy atom. The minimum Gasteiger partial charge on any atom is -0.489 e. The Hall–Kier alpha value is -1.56. The maximum atomic E-state index is 11.7. The van der Waals surface area contributed by atoms with Gasteiger partial charge in [-0.2, -0.15) is 0 Å². The van der Waals surface area contributed by atoms with E-state index in [2.05, 4.69) is 33.9 Å². The van der Waals surface area contributed by atoms with Gasteiger partial charge in [0.05, 0.1) is 13.4 Å². The van der Waals surface area contributed by atoms with E-state index in [-0.39, 0.29) is 5.56 Å². The summed E-state index contributed by atoms with van der Waals surface area (Å²) in [7, 11) is 5.72. The van der Waals surface area contributed by atoms with Crippen LogP contribution in [-0.2, 0) is 0 Å². The summed E-state index contributed by atoms with van der Waals surface area (Å²) < 4.78 is 5.16. The van der Waals surface area contributed by atoms with Crippen LogP contribution in [0.2, 0.25) is 0 Å². The highest BCUT2D eigenvalue weighted by molar-refractivity contribution is 5.50. The largest absolute Gasteiger partial charge is 0.489 e. The van der Waals surface area contributed by atoms with Gasteiger partial charge in [-0.1, -0.05) is 0 Å². The third-order valence-electron chi connectivity index (χ3n) is 3.53. The summed E-state index contributed by atoms with van der Waals surface area (Å²) in [4.78, 5) is 22.8. The molecule has 6 nitrogen and oxygen atoms in total. The SMILES string of the molecule is COc1c(N2CCC(CN(C)C)CC2)nc[nH]c1=O. The molecule has 106 valence electrons. The minimum atomic E-state index is -0.220. The first kappa shape index (κ1) is 13.9. The monoisotopic (exact) mass is 266 g/mol. The van der Waals surface area contributed by atoms with E-state index in [1.165, 1.54) is 13.4 Å². The van der Waals surface area contributed by atoms with Gasteiger partial charge >= 0.3 is 0 Å². The van der Waals surface area contributed by atoms with Gasteiger partial charge in [0, 0.05) is 19.6 Å². The molecule has 2 rings (SSSR count). The molecule has 2 heterocycles. The number of hydrogen-bond acceptors (Lipinski definition) is 5. The number of piperidine rings is 1. The van der Waals surface area contributed by atoms with Crippen molar-refractivity contribution in [3.63, 3.8) is 0 Å². The molecule has 0 amide bonds. The van der Waals surface area contributed by atoms with E-state index in [9.17, 15) is 4.79 Å². The molecule has 0 spiro atoms. The fraction of sp³-hybridized carbons (Fsp3) is 0.692. The van der Waals surface area contributed by atoms with Gasteiger partial charge in [-0.3, -0.25) is 4.79 Å². The van der Waals surface area contributed by atoms with Crippen LogP contribution in [0.5, 0.6) is 5.75 Å². The summed E-state index contributed by atoms with van der Waals surface area (Å²) in [6, 6.07) is 0. The maximum absolute atomic E-state index is 11.7. The van der Waals surface area contributed by atoms with Crippen LogP contribution in [-0.4, -0.2) is 55.7 Å². The Kier molecular flexibility index (Phi) is 4.42. The topological polar surface area (TPSA) is 61.5 Å². The molecule has 0 unspecified atom stereocenters. The predicted molar refractivity (Wildman–Crippen MR) is 74.9 cm³/mol. The molecule has 1 N–H and O–H groups in total. The predicted octanol–water partition coefficient (Wildman–Crippen LogP) is 0.556. The number of nitrogens with one attached hydrogen (secondary N) is 1. The first-order valence-corrected chi connectivity index (χ1v) is 6.63. The van der Waals surface area contributed by atoms with Gasteiger partial charge in [-0.15, -0.1) is 0 Å². The van der Waals surface area contributed by atoms with E-state index in [0.29, 0.717) is 11.6 Å². The Balaban J connectivity index is 2.06. The highest BCUT2D eigenvalue weighted by Crippen LogP contribution is 2.26. The van der Waals surface area contributed by atoms with Gasteiger partial charge < -0.3 is 19.5 Å². The number of H-pyrrole nitrogens is 1. The number of ether oxygens (including phenoxy) is 1. The van der Waals surface area contributed by atoms with Crippen molar-refractivity contribution in [3.8, 4) is 5.75 Å². The van der Waals surface area contributed by atoms with Crippen molar-refractivity contribution in [2.24, 2.45) is 5.92 Å². The summed E-state index contributed by atoms with van der Waals surface area (Å²) in [5, 5.41) is 0. The number of rotatable bonds is 4. The fourth-order valence-corrected chi connectivity index (χ4v) is 2.63. The van der Waals surface area contributed by atoms with Crippen molar-refractivity contribution in [1.82, 2.24) is 14.9 Å². The van der Waals surface area contributed by atoms with Gasteiger partial charge in [0.1, 0.15) is 0 Å². The molecule has 1 saturated heterocycles. The molecular weight excluding hydrogens is 244 g/mol. The number of aromatic amines is 1. The molecule has 0 radical (unpaired) electrons. The summed E-state index contributed by atoms with van der Waals surface area (Å²) in [5.41, 5.74) is -0.220. The Labute approximate surface area is 113 Å². The lowest BCUT2D eigenvalue weighted by Crippen LogP contribution is -2.38. The van der Waals surface area contributed by atoms with Crippen molar-refractivity contribution in [1.29, 1.82) is 0 Å². The van der Waals surface area contributed by atoms with Crippen LogP contribution in [0.3, 0.4) is 0 Å². The zero-order valence-corrected chi connectivity index (χ0v) is 11.8. The number of anilines is 1. The van der Waals surface area contributed by atoms with Crippen molar-refractivity contribution in [3.05, 3.63) is 16.7 Å². The van der Waals surface area contributed by atoms with Gasteiger partial charge in [0.15, 0.2) is 5.82 Å². The van der Waals surface area contributed by atoms with E-state index in [1.807, 2.05) is 0 Å². The molecule has 1 aromatic rings. The summed E-state index contributed by atoms with van der Waals surface area (Å²) in [5.74, 6) is 1.70. The van der Waals surface area contributed by atoms with Crippen LogP contribution >= 0.6 is 0 Å². The summed E-state index contributed by atoms with van der Waals surface area (Å²) in [6.45, 7) is 2.96. The Morgan fingerprint density at radius 1 is 1.47 bits per heavy atom. The molecule has 1 aliphatic rings. The zero-order chi connectivity index (χ0) is 13.8. The molecule has 19 heavy (non-hydrogen) atoms. The molecule has 0 bridgehead atoms. The number of nitrogens with zero attached hydrogens (tertiary/aromatic N) is 3. The minimum absolute atomic E-state index is 0.220. The van der Waals surface area contributed by atoms with E-state index in [0.717, 1.165) is 38.4 Å². The van der Waals surface area contributed by atoms with Gasteiger partial charge in [-0.05, 0) is 32.9 Å². The van der Waals surface area contributed by atoms with Crippen LogP contribution < -0.4 is 15.2 Å². The highest BCUT2D eigenvalue weighted by atomic mass is 16.5. The van der Waals surface area contributed by atoms with E-state index < -0.39 is 0 Å². The standard InChI is InChI=1S/C13H22N4O2/c1-16(2)8-10-4-6-17(7-5-10)12-11(19-3)13(18)15-9-14-12/h9-10H,4-8H2,1-3H3,(H,14,15,18). The lowest BCUT2D eigenvalue weighted by molar-refractivity contribution is 0.283. The van der Waals surface area contributed by atoms with Crippen LogP contribution in [0.4, 0.5) is 5.82 Å². The molecule has 0 aliphatic carbocycles. The van der Waals surface area contributed by atoms with Crippen LogP contribution in [0.1, 0.15) is 12.8 Å². The maximum Gasteiger partial charge on any atom is 0.295 e. The van der Waals surface area contributed by atoms with Gasteiger partial charge in [0.25, 0.3) is 5.56 Å². The Bertz CT molecular complexity index is 464. The smallest absolute Gasteiger partial charge is 0.295 e. The molecule has 1 aliphatic heterocycles. The van der Waals surface area contributed by atoms with Gasteiger partial charge in [-0.25, -0.2) is 4.98 Å². The average Bonchev–Trinajstić information content (AvgIpc) is 2.38. The molecule has 1 aromatic heterocycles. The third kappa shape index (κ3) is 3.26. The lowest BCUT2D eigenvalue weighted by atomic mass is 9.96. The second-order valence-electron chi connectivity index (χ2n) is 5.28. The molecule has 1 fully saturated rings. The summed E-state index contributed by atoms with van der Waals surface area (Å²) in [6.07, 6.45) is 3.68. The number of methoxy groups -OCH3 is 1. The van der Waals surface area contributed by atoms with Crippen molar-refractivity contribution in [2.75, 3.05) is 45.7 Å². The van der Waals surface area contributed by atoms with Crippen LogP contribution in [0.25, 0.3) is 0 Å². The molecule has 0 aromatic carbocycles. The molecule has 6 heteroatoms. The highest BCUT2D eigenvalue weighted by Gasteiger charge is 2.23. The van der Waals surface area contributed by atoms with Crippen molar-refractivity contribution >= 4 is 5.82 Å². The molecular formula is C13H22N4O2. The zero-order valence-electron chi connectivity index (χ0n) is 11.8. The molecule has 0 saturated carbocycles. The normalized spacial score (nSPS) is 16.9. The second kappa shape index (κ2) is 6.06. The van der Waals surface area contributed by atoms with Gasteiger partial charge in [0.2, 0.25) is 5.75 Å². The van der Waals surface area contributed by atoms with E-state index in [1.54, 1.807) is 0 Å². The summed E-state index contributed by atoms with van der Waals surface area (Å²) >= 11 is 0. The second-order valence-corrected chi connectivity index (χ2v) is 5.28. The lowest BCUT2D eigenvalue weighted by Gasteiger charge is -2.34. The van der Waals surface area contributed by atoms with Crippen molar-refractivity contribution < 1.29 is 4.74 Å². The number of hydrogen-bond donors (Lipinski definition) is 1. The molecule has 0 atom stereocenters. The van der Waals surface area contributed by atoms with Crippen LogP contribution in [0, 0.1) is 5.92 Å². The first-order valence-electron chi connectivity index (χ1n) is 6.63. The first-order chi connectivity index (χ1) is 9.11.